The number of carbonyl (C=O) groups is 2. The van der Waals surface area contributed by atoms with Crippen molar-refractivity contribution in [3.63, 3.8) is 0 Å². The summed E-state index contributed by atoms with van der Waals surface area (Å²) in [6.07, 6.45) is 4.58. The monoisotopic (exact) mass is 325 g/mol. The van der Waals surface area contributed by atoms with Gasteiger partial charge in [0.1, 0.15) is 5.60 Å². The second-order valence-electron chi connectivity index (χ2n) is 7.63. The molecule has 2 aliphatic heterocycles. The number of nitrogens with zero attached hydrogens (tertiary/aromatic N) is 2. The van der Waals surface area contributed by atoms with Crippen molar-refractivity contribution in [3.8, 4) is 0 Å². The van der Waals surface area contributed by atoms with Gasteiger partial charge in [0.15, 0.2) is 0 Å². The van der Waals surface area contributed by atoms with Crippen molar-refractivity contribution in [1.82, 2.24) is 15.1 Å². The molecule has 0 saturated carbocycles. The maximum absolute atomic E-state index is 12.1. The number of carbonyl (C=O) groups excluding carboxylic acids is 2. The Labute approximate surface area is 139 Å². The largest absolute Gasteiger partial charge is 0.444 e. The number of likely N-dealkylation sites (tertiary alicyclic amines) is 2. The van der Waals surface area contributed by atoms with E-state index in [2.05, 4.69) is 10.2 Å². The Bertz CT molecular complexity index is 414. The van der Waals surface area contributed by atoms with Gasteiger partial charge in [-0.15, -0.1) is 0 Å². The molecule has 0 aromatic rings. The standard InChI is InChI=1S/C17H31N3O3/c1-17(2,3)23-16(22)20-11-6-7-14(13-20)18-15(21)8-12-19-9-4-5-10-19/h14H,4-13H2,1-3H3,(H,18,21)/t14-/m1/s1. The Balaban J connectivity index is 1.72. The highest BCUT2D eigenvalue weighted by molar-refractivity contribution is 5.76. The topological polar surface area (TPSA) is 61.9 Å². The Morgan fingerprint density at radius 1 is 1.13 bits per heavy atom. The van der Waals surface area contributed by atoms with Gasteiger partial charge in [0.05, 0.1) is 0 Å². The Morgan fingerprint density at radius 2 is 1.83 bits per heavy atom. The van der Waals surface area contributed by atoms with E-state index in [1.54, 1.807) is 4.90 Å². The molecule has 2 rings (SSSR count). The lowest BCUT2D eigenvalue weighted by Crippen LogP contribution is -2.51. The molecule has 23 heavy (non-hydrogen) atoms. The van der Waals surface area contributed by atoms with Gasteiger partial charge in [-0.3, -0.25) is 4.79 Å². The highest BCUT2D eigenvalue weighted by atomic mass is 16.6. The molecule has 0 aromatic heterocycles. The smallest absolute Gasteiger partial charge is 0.410 e. The predicted molar refractivity (Wildman–Crippen MR) is 89.3 cm³/mol. The molecule has 132 valence electrons. The molecule has 6 nitrogen and oxygen atoms in total. The molecule has 0 unspecified atom stereocenters. The van der Waals surface area contributed by atoms with E-state index in [-0.39, 0.29) is 18.0 Å². The number of hydrogen-bond donors (Lipinski definition) is 1. The van der Waals surface area contributed by atoms with Gasteiger partial charge in [-0.25, -0.2) is 4.79 Å². The minimum atomic E-state index is -0.483. The zero-order valence-electron chi connectivity index (χ0n) is 14.8. The summed E-state index contributed by atoms with van der Waals surface area (Å²) in [4.78, 5) is 28.3. The van der Waals surface area contributed by atoms with Crippen LogP contribution in [0.5, 0.6) is 0 Å². The summed E-state index contributed by atoms with van der Waals surface area (Å²) in [5, 5.41) is 3.08. The molecule has 2 fully saturated rings. The van der Waals surface area contributed by atoms with E-state index in [1.807, 2.05) is 20.8 Å². The molecule has 2 aliphatic rings. The number of hydrogen-bond acceptors (Lipinski definition) is 4. The molecule has 0 aromatic carbocycles. The molecular formula is C17H31N3O3. The van der Waals surface area contributed by atoms with E-state index in [0.717, 1.165) is 32.5 Å². The van der Waals surface area contributed by atoms with E-state index in [0.29, 0.717) is 19.5 Å². The van der Waals surface area contributed by atoms with Crippen molar-refractivity contribution in [1.29, 1.82) is 0 Å². The fourth-order valence-electron chi connectivity index (χ4n) is 3.15. The van der Waals surface area contributed by atoms with Crippen molar-refractivity contribution in [2.75, 3.05) is 32.7 Å². The molecule has 2 amide bonds. The average molecular weight is 325 g/mol. The van der Waals surface area contributed by atoms with Crippen LogP contribution in [0.1, 0.15) is 52.9 Å². The summed E-state index contributed by atoms with van der Waals surface area (Å²) >= 11 is 0. The molecule has 1 N–H and O–H groups in total. The minimum absolute atomic E-state index is 0.0438. The lowest BCUT2D eigenvalue weighted by Gasteiger charge is -2.34. The quantitative estimate of drug-likeness (QED) is 0.859. The normalized spacial score (nSPS) is 22.9. The van der Waals surface area contributed by atoms with Crippen LogP contribution in [0.3, 0.4) is 0 Å². The van der Waals surface area contributed by atoms with Crippen molar-refractivity contribution < 1.29 is 14.3 Å². The zero-order valence-corrected chi connectivity index (χ0v) is 14.8. The summed E-state index contributed by atoms with van der Waals surface area (Å²) < 4.78 is 5.41. The first-order valence-electron chi connectivity index (χ1n) is 8.83. The first kappa shape index (κ1) is 18.0. The minimum Gasteiger partial charge on any atom is -0.444 e. The summed E-state index contributed by atoms with van der Waals surface area (Å²) in [6, 6.07) is 0.0438. The van der Waals surface area contributed by atoms with Crippen LogP contribution in [0, 0.1) is 0 Å². The maximum Gasteiger partial charge on any atom is 0.410 e. The predicted octanol–water partition coefficient (Wildman–Crippen LogP) is 1.99. The third-order valence-electron chi connectivity index (χ3n) is 4.29. The fourth-order valence-corrected chi connectivity index (χ4v) is 3.15. The number of ether oxygens (including phenoxy) is 1. The van der Waals surface area contributed by atoms with Crippen LogP contribution in [0.25, 0.3) is 0 Å². The molecule has 0 radical (unpaired) electrons. The van der Waals surface area contributed by atoms with E-state index >= 15 is 0 Å². The summed E-state index contributed by atoms with van der Waals surface area (Å²) in [5.74, 6) is 0.0907. The summed E-state index contributed by atoms with van der Waals surface area (Å²) in [7, 11) is 0. The molecule has 2 saturated heterocycles. The van der Waals surface area contributed by atoms with Crippen LogP contribution in [0.4, 0.5) is 4.79 Å². The second-order valence-corrected chi connectivity index (χ2v) is 7.63. The molecular weight excluding hydrogens is 294 g/mol. The number of rotatable bonds is 4. The first-order valence-corrected chi connectivity index (χ1v) is 8.83. The third kappa shape index (κ3) is 6.37. The fraction of sp³-hybridized carbons (Fsp3) is 0.882. The van der Waals surface area contributed by atoms with Gasteiger partial charge >= 0.3 is 6.09 Å². The Hall–Kier alpha value is -1.30. The first-order chi connectivity index (χ1) is 10.8. The SMILES string of the molecule is CC(C)(C)OC(=O)N1CCC[C@@H](NC(=O)CCN2CCCC2)C1. The van der Waals surface area contributed by atoms with Crippen LogP contribution in [-0.4, -0.2) is 66.2 Å². The Kier molecular flexibility index (Phi) is 6.27. The van der Waals surface area contributed by atoms with Gasteiger partial charge < -0.3 is 19.9 Å². The molecule has 0 aliphatic carbocycles. The second kappa shape index (κ2) is 7.99. The van der Waals surface area contributed by atoms with Crippen LogP contribution >= 0.6 is 0 Å². The maximum atomic E-state index is 12.1. The lowest BCUT2D eigenvalue weighted by molar-refractivity contribution is -0.122. The van der Waals surface area contributed by atoms with Crippen LogP contribution in [-0.2, 0) is 9.53 Å². The lowest BCUT2D eigenvalue weighted by atomic mass is 10.1. The van der Waals surface area contributed by atoms with Gasteiger partial charge in [0.2, 0.25) is 5.91 Å². The van der Waals surface area contributed by atoms with Gasteiger partial charge in [0.25, 0.3) is 0 Å². The summed E-state index contributed by atoms with van der Waals surface area (Å²) in [5.41, 5.74) is -0.483. The van der Waals surface area contributed by atoms with E-state index in [1.165, 1.54) is 12.8 Å². The van der Waals surface area contributed by atoms with Crippen LogP contribution in [0.15, 0.2) is 0 Å². The van der Waals surface area contributed by atoms with E-state index in [9.17, 15) is 9.59 Å². The number of piperidine rings is 1. The molecule has 6 heteroatoms. The zero-order chi connectivity index (χ0) is 16.9. The van der Waals surface area contributed by atoms with Gasteiger partial charge in [-0.2, -0.15) is 0 Å². The van der Waals surface area contributed by atoms with Gasteiger partial charge in [-0.05, 0) is 59.5 Å². The highest BCUT2D eigenvalue weighted by Gasteiger charge is 2.28. The number of nitrogens with one attached hydrogen (secondary N) is 1. The van der Waals surface area contributed by atoms with E-state index < -0.39 is 5.60 Å². The van der Waals surface area contributed by atoms with Crippen LogP contribution < -0.4 is 5.32 Å². The van der Waals surface area contributed by atoms with Crippen molar-refractivity contribution in [2.45, 2.75) is 64.5 Å². The van der Waals surface area contributed by atoms with Gasteiger partial charge in [-0.1, -0.05) is 0 Å². The number of amides is 2. The van der Waals surface area contributed by atoms with Crippen LogP contribution in [0.2, 0.25) is 0 Å². The molecule has 1 atom stereocenters. The summed E-state index contributed by atoms with van der Waals surface area (Å²) in [6.45, 7) is 9.92. The van der Waals surface area contributed by atoms with Gasteiger partial charge in [0, 0.05) is 32.1 Å². The van der Waals surface area contributed by atoms with Crippen molar-refractivity contribution in [2.24, 2.45) is 0 Å². The van der Waals surface area contributed by atoms with Crippen molar-refractivity contribution >= 4 is 12.0 Å². The van der Waals surface area contributed by atoms with Crippen molar-refractivity contribution in [3.05, 3.63) is 0 Å². The Morgan fingerprint density at radius 3 is 2.48 bits per heavy atom. The van der Waals surface area contributed by atoms with E-state index in [4.69, 9.17) is 4.74 Å². The highest BCUT2D eigenvalue weighted by Crippen LogP contribution is 2.15. The molecule has 0 bridgehead atoms. The molecule has 2 heterocycles. The molecule has 0 spiro atoms. The third-order valence-corrected chi connectivity index (χ3v) is 4.29. The average Bonchev–Trinajstić information content (AvgIpc) is 2.97.